The van der Waals surface area contributed by atoms with Gasteiger partial charge in [-0.15, -0.1) is 0 Å². The summed E-state index contributed by atoms with van der Waals surface area (Å²) in [6.07, 6.45) is 2.00. The molecule has 7 heteroatoms. The number of carbonyl (C=O) groups is 1. The van der Waals surface area contributed by atoms with Gasteiger partial charge in [0.1, 0.15) is 11.6 Å². The summed E-state index contributed by atoms with van der Waals surface area (Å²) >= 11 is 3.35. The van der Waals surface area contributed by atoms with Crippen molar-refractivity contribution < 1.29 is 14.3 Å². The molecule has 0 aliphatic carbocycles. The highest BCUT2D eigenvalue weighted by atomic mass is 79.9. The molecule has 0 aliphatic rings. The second-order valence-electron chi connectivity index (χ2n) is 5.52. The van der Waals surface area contributed by atoms with Crippen LogP contribution in [0.2, 0.25) is 0 Å². The average molecular weight is 430 g/mol. The molecule has 0 spiro atoms. The fourth-order valence-corrected chi connectivity index (χ4v) is 2.57. The summed E-state index contributed by atoms with van der Waals surface area (Å²) in [4.78, 5) is 12.2. The van der Waals surface area contributed by atoms with E-state index in [0.29, 0.717) is 24.5 Å². The Balaban J connectivity index is 1.90. The molecule has 0 unspecified atom stereocenters. The SMILES string of the molecule is COc1ccc(CCNC(=O)/C(C#N)=C\Nc2ccc(Br)cc2)cc1OC. The van der Waals surface area contributed by atoms with Gasteiger partial charge in [0.15, 0.2) is 11.5 Å². The molecule has 6 nitrogen and oxygen atoms in total. The highest BCUT2D eigenvalue weighted by Gasteiger charge is 2.09. The first kappa shape index (κ1) is 20.3. The molecular formula is C20H20BrN3O3. The van der Waals surface area contributed by atoms with E-state index in [0.717, 1.165) is 15.7 Å². The van der Waals surface area contributed by atoms with Crippen LogP contribution in [0.3, 0.4) is 0 Å². The topological polar surface area (TPSA) is 83.4 Å². The Labute approximate surface area is 166 Å². The first-order chi connectivity index (χ1) is 13.1. The van der Waals surface area contributed by atoms with Gasteiger partial charge in [-0.2, -0.15) is 5.26 Å². The monoisotopic (exact) mass is 429 g/mol. The van der Waals surface area contributed by atoms with Gasteiger partial charge < -0.3 is 20.1 Å². The zero-order valence-electron chi connectivity index (χ0n) is 15.1. The third kappa shape index (κ3) is 6.04. The molecule has 0 bridgehead atoms. The van der Waals surface area contributed by atoms with Crippen molar-refractivity contribution in [2.24, 2.45) is 0 Å². The lowest BCUT2D eigenvalue weighted by Gasteiger charge is -2.10. The lowest BCUT2D eigenvalue weighted by Crippen LogP contribution is -2.27. The molecule has 0 atom stereocenters. The molecule has 0 aliphatic heterocycles. The first-order valence-corrected chi connectivity index (χ1v) is 8.98. The molecule has 1 amide bonds. The van der Waals surface area contributed by atoms with Gasteiger partial charge in [0, 0.05) is 22.9 Å². The van der Waals surface area contributed by atoms with Crippen molar-refractivity contribution in [2.45, 2.75) is 6.42 Å². The first-order valence-electron chi connectivity index (χ1n) is 8.19. The number of ether oxygens (including phenoxy) is 2. The fourth-order valence-electron chi connectivity index (χ4n) is 2.30. The number of hydrogen-bond donors (Lipinski definition) is 2. The van der Waals surface area contributed by atoms with Crippen LogP contribution in [0.15, 0.2) is 58.7 Å². The third-order valence-corrected chi connectivity index (χ3v) is 4.27. The number of methoxy groups -OCH3 is 2. The summed E-state index contributed by atoms with van der Waals surface area (Å²) in [5.74, 6) is 0.860. The van der Waals surface area contributed by atoms with Crippen molar-refractivity contribution in [2.75, 3.05) is 26.1 Å². The van der Waals surface area contributed by atoms with E-state index in [1.54, 1.807) is 14.2 Å². The van der Waals surface area contributed by atoms with Crippen LogP contribution in [0.25, 0.3) is 0 Å². The van der Waals surface area contributed by atoms with Crippen molar-refractivity contribution in [3.63, 3.8) is 0 Å². The Hall–Kier alpha value is -2.98. The standard InChI is InChI=1S/C20H20BrN3O3/c1-26-18-8-3-14(11-19(18)27-2)9-10-23-20(25)15(12-22)13-24-17-6-4-16(21)5-7-17/h3-8,11,13,24H,9-10H2,1-2H3,(H,23,25)/b15-13-. The van der Waals surface area contributed by atoms with Crippen molar-refractivity contribution in [1.29, 1.82) is 5.26 Å². The Morgan fingerprint density at radius 1 is 1.15 bits per heavy atom. The number of rotatable bonds is 8. The van der Waals surface area contributed by atoms with Crippen molar-refractivity contribution in [1.82, 2.24) is 5.32 Å². The summed E-state index contributed by atoms with van der Waals surface area (Å²) in [6.45, 7) is 0.394. The van der Waals surface area contributed by atoms with E-state index < -0.39 is 5.91 Å². The highest BCUT2D eigenvalue weighted by molar-refractivity contribution is 9.10. The number of nitrogens with one attached hydrogen (secondary N) is 2. The quantitative estimate of drug-likeness (QED) is 0.494. The lowest BCUT2D eigenvalue weighted by atomic mass is 10.1. The second kappa shape index (κ2) is 10.2. The molecule has 0 fully saturated rings. The van der Waals surface area contributed by atoms with Crippen LogP contribution in [0.1, 0.15) is 5.56 Å². The summed E-state index contributed by atoms with van der Waals surface area (Å²) in [7, 11) is 3.15. The van der Waals surface area contributed by atoms with Crippen molar-refractivity contribution >= 4 is 27.5 Å². The van der Waals surface area contributed by atoms with E-state index >= 15 is 0 Å². The molecule has 0 radical (unpaired) electrons. The van der Waals surface area contributed by atoms with E-state index in [1.807, 2.05) is 48.5 Å². The van der Waals surface area contributed by atoms with Gasteiger partial charge in [0.25, 0.3) is 5.91 Å². The average Bonchev–Trinajstić information content (AvgIpc) is 2.69. The van der Waals surface area contributed by atoms with Gasteiger partial charge in [-0.05, 0) is 48.4 Å². The molecular weight excluding hydrogens is 410 g/mol. The summed E-state index contributed by atoms with van der Waals surface area (Å²) < 4.78 is 11.4. The number of anilines is 1. The number of amides is 1. The van der Waals surface area contributed by atoms with Gasteiger partial charge >= 0.3 is 0 Å². The predicted molar refractivity (Wildman–Crippen MR) is 108 cm³/mol. The van der Waals surface area contributed by atoms with E-state index in [9.17, 15) is 10.1 Å². The summed E-state index contributed by atoms with van der Waals surface area (Å²) in [5.41, 5.74) is 1.78. The van der Waals surface area contributed by atoms with Crippen molar-refractivity contribution in [3.8, 4) is 17.6 Å². The maximum atomic E-state index is 12.2. The largest absolute Gasteiger partial charge is 0.493 e. The Bertz CT molecular complexity index is 858. The molecule has 2 aromatic carbocycles. The molecule has 27 heavy (non-hydrogen) atoms. The van der Waals surface area contributed by atoms with E-state index in [1.165, 1.54) is 6.20 Å². The van der Waals surface area contributed by atoms with Crippen LogP contribution in [0.4, 0.5) is 5.69 Å². The minimum absolute atomic E-state index is 0.00484. The number of benzene rings is 2. The lowest BCUT2D eigenvalue weighted by molar-refractivity contribution is -0.117. The minimum atomic E-state index is -0.428. The fraction of sp³-hybridized carbons (Fsp3) is 0.200. The molecule has 2 rings (SSSR count). The summed E-state index contributed by atoms with van der Waals surface area (Å²) in [6, 6.07) is 14.9. The molecule has 0 saturated carbocycles. The number of halogens is 1. The van der Waals surface area contributed by atoms with Crippen LogP contribution in [-0.2, 0) is 11.2 Å². The van der Waals surface area contributed by atoms with E-state index in [-0.39, 0.29) is 5.57 Å². The Morgan fingerprint density at radius 3 is 2.48 bits per heavy atom. The number of nitriles is 1. The van der Waals surface area contributed by atoms with E-state index in [4.69, 9.17) is 9.47 Å². The number of nitrogens with zero attached hydrogens (tertiary/aromatic N) is 1. The maximum absolute atomic E-state index is 12.2. The highest BCUT2D eigenvalue weighted by Crippen LogP contribution is 2.27. The van der Waals surface area contributed by atoms with Crippen molar-refractivity contribution in [3.05, 3.63) is 64.3 Å². The van der Waals surface area contributed by atoms with Gasteiger partial charge in [-0.1, -0.05) is 22.0 Å². The zero-order chi connectivity index (χ0) is 19.6. The molecule has 0 heterocycles. The second-order valence-corrected chi connectivity index (χ2v) is 6.43. The van der Waals surface area contributed by atoms with Crippen LogP contribution in [-0.4, -0.2) is 26.7 Å². The zero-order valence-corrected chi connectivity index (χ0v) is 16.7. The van der Waals surface area contributed by atoms with Gasteiger partial charge in [-0.25, -0.2) is 0 Å². The molecule has 0 saturated heterocycles. The van der Waals surface area contributed by atoms with Crippen LogP contribution in [0, 0.1) is 11.3 Å². The maximum Gasteiger partial charge on any atom is 0.263 e. The number of hydrogen-bond acceptors (Lipinski definition) is 5. The van der Waals surface area contributed by atoms with Crippen LogP contribution < -0.4 is 20.1 Å². The van der Waals surface area contributed by atoms with Crippen LogP contribution >= 0.6 is 15.9 Å². The van der Waals surface area contributed by atoms with E-state index in [2.05, 4.69) is 26.6 Å². The minimum Gasteiger partial charge on any atom is -0.493 e. The van der Waals surface area contributed by atoms with Gasteiger partial charge in [0.2, 0.25) is 0 Å². The smallest absolute Gasteiger partial charge is 0.263 e. The molecule has 2 N–H and O–H groups in total. The molecule has 0 aromatic heterocycles. The predicted octanol–water partition coefficient (Wildman–Crippen LogP) is 3.64. The molecule has 2 aromatic rings. The van der Waals surface area contributed by atoms with Crippen LogP contribution in [0.5, 0.6) is 11.5 Å². The Kier molecular flexibility index (Phi) is 7.71. The summed E-state index contributed by atoms with van der Waals surface area (Å²) in [5, 5.41) is 14.9. The third-order valence-electron chi connectivity index (χ3n) is 3.74. The Morgan fingerprint density at radius 2 is 1.85 bits per heavy atom. The van der Waals surface area contributed by atoms with Gasteiger partial charge in [0.05, 0.1) is 14.2 Å². The normalized spacial score (nSPS) is 10.7. The van der Waals surface area contributed by atoms with Gasteiger partial charge in [-0.3, -0.25) is 4.79 Å². The molecule has 140 valence electrons. The number of carbonyl (C=O) groups excluding carboxylic acids is 1.